The summed E-state index contributed by atoms with van der Waals surface area (Å²) in [5, 5.41) is 43.7. The molecule has 1 aromatic rings. The third kappa shape index (κ3) is 5.32. The standard InChI is InChI=1S/C28H36O8/c1-13(2)9-10-36-19-12-18(29)20(22(30)14(3)4)24(32)16(19)11-17-25(33)21(23(31)15(5)6)27(35)28(7,8)26(17)34/h9,12,14-15,29,32-34H,10-11H2,1-8H3. The van der Waals surface area contributed by atoms with Crippen LogP contribution in [-0.2, 0) is 16.0 Å². The summed E-state index contributed by atoms with van der Waals surface area (Å²) in [6.07, 6.45) is 1.39. The van der Waals surface area contributed by atoms with Gasteiger partial charge in [0.15, 0.2) is 17.3 Å². The van der Waals surface area contributed by atoms with Crippen molar-refractivity contribution < 1.29 is 39.5 Å². The van der Waals surface area contributed by atoms with E-state index in [4.69, 9.17) is 4.74 Å². The molecule has 0 unspecified atom stereocenters. The molecule has 1 aliphatic rings. The molecular weight excluding hydrogens is 464 g/mol. The van der Waals surface area contributed by atoms with Gasteiger partial charge >= 0.3 is 0 Å². The Hall–Kier alpha value is -3.55. The van der Waals surface area contributed by atoms with Crippen molar-refractivity contribution in [2.75, 3.05) is 6.61 Å². The summed E-state index contributed by atoms with van der Waals surface area (Å²) < 4.78 is 5.76. The molecule has 0 radical (unpaired) electrons. The Morgan fingerprint density at radius 3 is 2.06 bits per heavy atom. The predicted octanol–water partition coefficient (Wildman–Crippen LogP) is 5.28. The minimum Gasteiger partial charge on any atom is -0.511 e. The maximum atomic E-state index is 13.0. The van der Waals surface area contributed by atoms with Crippen LogP contribution < -0.4 is 4.74 Å². The Morgan fingerprint density at radius 2 is 1.56 bits per heavy atom. The van der Waals surface area contributed by atoms with Crippen LogP contribution in [0.2, 0.25) is 0 Å². The van der Waals surface area contributed by atoms with Crippen molar-refractivity contribution in [3.63, 3.8) is 0 Å². The number of allylic oxidation sites excluding steroid dienone is 4. The Morgan fingerprint density at radius 1 is 1.00 bits per heavy atom. The molecule has 0 aromatic heterocycles. The summed E-state index contributed by atoms with van der Waals surface area (Å²) in [5.41, 5.74) is -1.45. The summed E-state index contributed by atoms with van der Waals surface area (Å²) >= 11 is 0. The quantitative estimate of drug-likeness (QED) is 0.204. The van der Waals surface area contributed by atoms with Gasteiger partial charge in [0.2, 0.25) is 0 Å². The first-order chi connectivity index (χ1) is 16.5. The fourth-order valence-corrected chi connectivity index (χ4v) is 3.83. The highest BCUT2D eigenvalue weighted by Gasteiger charge is 2.46. The fourth-order valence-electron chi connectivity index (χ4n) is 3.83. The summed E-state index contributed by atoms with van der Waals surface area (Å²) in [6, 6.07) is 1.20. The van der Waals surface area contributed by atoms with Crippen LogP contribution >= 0.6 is 0 Å². The lowest BCUT2D eigenvalue weighted by Gasteiger charge is -2.31. The van der Waals surface area contributed by atoms with Crippen molar-refractivity contribution in [1.82, 2.24) is 0 Å². The van der Waals surface area contributed by atoms with Gasteiger partial charge in [-0.2, -0.15) is 0 Å². The second kappa shape index (κ2) is 10.6. The fraction of sp³-hybridized carbons (Fsp3) is 0.464. The number of aliphatic hydroxyl groups is 2. The van der Waals surface area contributed by atoms with E-state index in [-0.39, 0.29) is 35.5 Å². The van der Waals surface area contributed by atoms with Gasteiger partial charge in [-0.1, -0.05) is 33.3 Å². The van der Waals surface area contributed by atoms with Gasteiger partial charge in [0.05, 0.1) is 5.41 Å². The molecule has 0 fully saturated rings. The molecule has 8 heteroatoms. The van der Waals surface area contributed by atoms with Gasteiger partial charge in [0.25, 0.3) is 0 Å². The highest BCUT2D eigenvalue weighted by Crippen LogP contribution is 2.45. The average molecular weight is 501 g/mol. The summed E-state index contributed by atoms with van der Waals surface area (Å²) in [7, 11) is 0. The average Bonchev–Trinajstić information content (AvgIpc) is 2.76. The number of carbonyl (C=O) groups excluding carboxylic acids is 3. The van der Waals surface area contributed by atoms with Crippen LogP contribution in [0.5, 0.6) is 17.2 Å². The molecule has 8 nitrogen and oxygen atoms in total. The molecule has 36 heavy (non-hydrogen) atoms. The van der Waals surface area contributed by atoms with E-state index in [0.29, 0.717) is 0 Å². The van der Waals surface area contributed by atoms with Crippen molar-refractivity contribution in [3.05, 3.63) is 51.5 Å². The van der Waals surface area contributed by atoms with Crippen LogP contribution in [0.4, 0.5) is 0 Å². The van der Waals surface area contributed by atoms with Gasteiger partial charge in [0.1, 0.15) is 46.5 Å². The van der Waals surface area contributed by atoms with E-state index in [2.05, 4.69) is 0 Å². The lowest BCUT2D eigenvalue weighted by Crippen LogP contribution is -2.37. The predicted molar refractivity (Wildman–Crippen MR) is 136 cm³/mol. The number of benzene rings is 1. The van der Waals surface area contributed by atoms with E-state index in [1.165, 1.54) is 19.9 Å². The lowest BCUT2D eigenvalue weighted by molar-refractivity contribution is -0.128. The van der Waals surface area contributed by atoms with E-state index in [1.807, 2.05) is 13.8 Å². The smallest absolute Gasteiger partial charge is 0.183 e. The first-order valence-electron chi connectivity index (χ1n) is 11.9. The normalized spacial score (nSPS) is 15.6. The van der Waals surface area contributed by atoms with E-state index in [1.54, 1.807) is 33.8 Å². The number of aliphatic hydroxyl groups excluding tert-OH is 2. The second-order valence-electron chi connectivity index (χ2n) is 10.4. The maximum Gasteiger partial charge on any atom is 0.183 e. The van der Waals surface area contributed by atoms with E-state index < -0.39 is 63.2 Å². The second-order valence-corrected chi connectivity index (χ2v) is 10.4. The molecular formula is C28H36O8. The number of ketones is 3. The molecule has 1 aromatic carbocycles. The van der Waals surface area contributed by atoms with Crippen LogP contribution in [0.3, 0.4) is 0 Å². The summed E-state index contributed by atoms with van der Waals surface area (Å²) in [5.74, 6) is -5.14. The molecule has 2 rings (SSSR count). The van der Waals surface area contributed by atoms with Gasteiger partial charge in [0, 0.05) is 35.5 Å². The first-order valence-corrected chi connectivity index (χ1v) is 11.9. The van der Waals surface area contributed by atoms with Gasteiger partial charge in [-0.05, 0) is 33.8 Å². The number of phenolic OH excluding ortho intramolecular Hbond substituents is 2. The zero-order chi connectivity index (χ0) is 27.7. The minimum absolute atomic E-state index is 0.00792. The monoisotopic (exact) mass is 500 g/mol. The lowest BCUT2D eigenvalue weighted by atomic mass is 9.72. The van der Waals surface area contributed by atoms with Gasteiger partial charge in [-0.25, -0.2) is 0 Å². The molecule has 0 spiro atoms. The van der Waals surface area contributed by atoms with Gasteiger partial charge in [-0.3, -0.25) is 14.4 Å². The Labute approximate surface area is 211 Å². The molecule has 0 saturated carbocycles. The molecule has 196 valence electrons. The Bertz CT molecular complexity index is 1190. The van der Waals surface area contributed by atoms with Crippen LogP contribution in [0.25, 0.3) is 0 Å². The summed E-state index contributed by atoms with van der Waals surface area (Å²) in [6.45, 7) is 13.1. The minimum atomic E-state index is -1.52. The van der Waals surface area contributed by atoms with Crippen LogP contribution in [-0.4, -0.2) is 44.4 Å². The van der Waals surface area contributed by atoms with Crippen molar-refractivity contribution in [3.8, 4) is 17.2 Å². The van der Waals surface area contributed by atoms with Crippen LogP contribution in [0, 0.1) is 17.3 Å². The van der Waals surface area contributed by atoms with Crippen molar-refractivity contribution in [2.24, 2.45) is 17.3 Å². The third-order valence-corrected chi connectivity index (χ3v) is 6.16. The van der Waals surface area contributed by atoms with E-state index in [0.717, 1.165) is 5.57 Å². The van der Waals surface area contributed by atoms with Gasteiger partial charge < -0.3 is 25.2 Å². The SMILES string of the molecule is CC(C)=CCOc1cc(O)c(C(=O)C(C)C)c(O)c1CC1=C(O)C(C)(C)C(=O)C(C(=O)C(C)C)=C1O. The van der Waals surface area contributed by atoms with E-state index >= 15 is 0 Å². The highest BCUT2D eigenvalue weighted by atomic mass is 16.5. The number of ether oxygens (including phenoxy) is 1. The molecule has 1 aliphatic carbocycles. The third-order valence-electron chi connectivity index (χ3n) is 6.16. The number of Topliss-reactive ketones (excluding diaryl/α,β-unsaturated/α-hetero) is 3. The van der Waals surface area contributed by atoms with Crippen molar-refractivity contribution in [1.29, 1.82) is 0 Å². The number of carbonyl (C=O) groups is 3. The molecule has 0 bridgehead atoms. The maximum absolute atomic E-state index is 13.0. The number of hydrogen-bond donors (Lipinski definition) is 4. The highest BCUT2D eigenvalue weighted by molar-refractivity contribution is 6.24. The summed E-state index contributed by atoms with van der Waals surface area (Å²) in [4.78, 5) is 38.6. The Kier molecular flexibility index (Phi) is 8.45. The van der Waals surface area contributed by atoms with Crippen LogP contribution in [0.15, 0.2) is 40.4 Å². The molecule has 0 atom stereocenters. The molecule has 0 heterocycles. The number of phenols is 2. The zero-order valence-electron chi connectivity index (χ0n) is 22.1. The van der Waals surface area contributed by atoms with Gasteiger partial charge in [-0.15, -0.1) is 0 Å². The largest absolute Gasteiger partial charge is 0.511 e. The molecule has 0 saturated heterocycles. The number of hydrogen-bond acceptors (Lipinski definition) is 8. The molecule has 4 N–H and O–H groups in total. The molecule has 0 aliphatic heterocycles. The number of aromatic hydroxyl groups is 2. The van der Waals surface area contributed by atoms with Crippen molar-refractivity contribution in [2.45, 2.75) is 61.8 Å². The van der Waals surface area contributed by atoms with Crippen LogP contribution in [0.1, 0.15) is 71.3 Å². The zero-order valence-corrected chi connectivity index (χ0v) is 22.1. The van der Waals surface area contributed by atoms with E-state index in [9.17, 15) is 34.8 Å². The topological polar surface area (TPSA) is 141 Å². The number of rotatable bonds is 9. The first kappa shape index (κ1) is 28.7. The Balaban J connectivity index is 2.82. The molecule has 0 amide bonds. The van der Waals surface area contributed by atoms with Crippen molar-refractivity contribution >= 4 is 17.3 Å².